The first-order chi connectivity index (χ1) is 15.0. The normalized spacial score (nSPS) is 9.84. The molecule has 3 nitrogen and oxygen atoms in total. The van der Waals surface area contributed by atoms with E-state index in [1.807, 2.05) is 73.7 Å². The molecule has 3 heteroatoms. The minimum Gasteiger partial charge on any atom is -0.489 e. The first-order valence-corrected chi connectivity index (χ1v) is 10.1. The fourth-order valence-electron chi connectivity index (χ4n) is 2.96. The SMILES string of the molecule is C#Cc1ccc(COc2ccc(C#Cc3ccc(CCOC(C)=O)cc3)cc2C)cc1. The van der Waals surface area contributed by atoms with E-state index in [2.05, 4.69) is 17.8 Å². The van der Waals surface area contributed by atoms with Crippen molar-refractivity contribution in [2.24, 2.45) is 0 Å². The van der Waals surface area contributed by atoms with E-state index in [9.17, 15) is 4.79 Å². The summed E-state index contributed by atoms with van der Waals surface area (Å²) in [7, 11) is 0. The van der Waals surface area contributed by atoms with E-state index in [1.165, 1.54) is 6.92 Å². The molecule has 0 aromatic heterocycles. The van der Waals surface area contributed by atoms with Gasteiger partial charge in [-0.2, -0.15) is 0 Å². The van der Waals surface area contributed by atoms with Gasteiger partial charge in [-0.1, -0.05) is 42.0 Å². The Bertz CT molecular complexity index is 1140. The zero-order valence-electron chi connectivity index (χ0n) is 17.8. The van der Waals surface area contributed by atoms with Crippen LogP contribution in [0.1, 0.15) is 40.3 Å². The monoisotopic (exact) mass is 408 g/mol. The molecule has 0 aliphatic carbocycles. The van der Waals surface area contributed by atoms with Gasteiger partial charge in [-0.15, -0.1) is 6.42 Å². The minimum absolute atomic E-state index is 0.257. The van der Waals surface area contributed by atoms with E-state index in [0.717, 1.165) is 39.1 Å². The molecule has 0 aliphatic heterocycles. The highest BCUT2D eigenvalue weighted by Gasteiger charge is 2.02. The summed E-state index contributed by atoms with van der Waals surface area (Å²) < 4.78 is 10.9. The van der Waals surface area contributed by atoms with Crippen LogP contribution in [0.25, 0.3) is 0 Å². The number of hydrogen-bond acceptors (Lipinski definition) is 3. The summed E-state index contributed by atoms with van der Waals surface area (Å²) in [4.78, 5) is 10.8. The molecule has 0 amide bonds. The molecule has 31 heavy (non-hydrogen) atoms. The van der Waals surface area contributed by atoms with Crippen molar-refractivity contribution in [1.82, 2.24) is 0 Å². The fraction of sp³-hybridized carbons (Fsp3) is 0.179. The van der Waals surface area contributed by atoms with Crippen LogP contribution in [-0.4, -0.2) is 12.6 Å². The Balaban J connectivity index is 1.58. The summed E-state index contributed by atoms with van der Waals surface area (Å²) >= 11 is 0. The molecule has 0 radical (unpaired) electrons. The number of terminal acetylenes is 1. The number of aryl methyl sites for hydroxylation is 1. The lowest BCUT2D eigenvalue weighted by molar-refractivity contribution is -0.140. The maximum Gasteiger partial charge on any atom is 0.302 e. The number of carbonyl (C=O) groups excluding carboxylic acids is 1. The van der Waals surface area contributed by atoms with Crippen molar-refractivity contribution in [2.75, 3.05) is 6.61 Å². The Kier molecular flexibility index (Phi) is 7.52. The molecule has 154 valence electrons. The molecule has 0 heterocycles. The van der Waals surface area contributed by atoms with Crippen LogP contribution in [0.2, 0.25) is 0 Å². The Labute approximate surface area is 184 Å². The largest absolute Gasteiger partial charge is 0.489 e. The van der Waals surface area contributed by atoms with Crippen LogP contribution in [0.4, 0.5) is 0 Å². The predicted molar refractivity (Wildman–Crippen MR) is 123 cm³/mol. The van der Waals surface area contributed by atoms with Gasteiger partial charge in [0, 0.05) is 30.0 Å². The lowest BCUT2D eigenvalue weighted by Crippen LogP contribution is -2.03. The third-order valence-corrected chi connectivity index (χ3v) is 4.69. The van der Waals surface area contributed by atoms with Crippen LogP contribution in [0.5, 0.6) is 5.75 Å². The quantitative estimate of drug-likeness (QED) is 0.422. The molecular weight excluding hydrogens is 384 g/mol. The summed E-state index contributed by atoms with van der Waals surface area (Å²) in [5.74, 6) is 9.58. The molecule has 3 rings (SSSR count). The lowest BCUT2D eigenvalue weighted by Gasteiger charge is -2.09. The first kappa shape index (κ1) is 21.8. The molecule has 0 aliphatic rings. The topological polar surface area (TPSA) is 35.5 Å². The van der Waals surface area contributed by atoms with Gasteiger partial charge >= 0.3 is 5.97 Å². The van der Waals surface area contributed by atoms with Crippen LogP contribution in [0, 0.1) is 31.1 Å². The molecule has 0 fully saturated rings. The highest BCUT2D eigenvalue weighted by Crippen LogP contribution is 2.20. The van der Waals surface area contributed by atoms with Gasteiger partial charge in [0.1, 0.15) is 12.4 Å². The van der Waals surface area contributed by atoms with Gasteiger partial charge < -0.3 is 9.47 Å². The molecular formula is C28H24O3. The zero-order chi connectivity index (χ0) is 22.1. The summed E-state index contributed by atoms with van der Waals surface area (Å²) in [6.45, 7) is 4.31. The summed E-state index contributed by atoms with van der Waals surface area (Å²) in [5, 5.41) is 0. The van der Waals surface area contributed by atoms with E-state index >= 15 is 0 Å². The second-order valence-electron chi connectivity index (χ2n) is 7.15. The molecule has 0 atom stereocenters. The van der Waals surface area contributed by atoms with Crippen LogP contribution in [0.15, 0.2) is 66.7 Å². The molecule has 0 spiro atoms. The average Bonchev–Trinajstić information content (AvgIpc) is 2.78. The van der Waals surface area contributed by atoms with Gasteiger partial charge in [0.15, 0.2) is 0 Å². The average molecular weight is 408 g/mol. The van der Waals surface area contributed by atoms with Crippen LogP contribution in [-0.2, 0) is 22.6 Å². The van der Waals surface area contributed by atoms with E-state index in [4.69, 9.17) is 15.9 Å². The summed E-state index contributed by atoms with van der Waals surface area (Å²) in [6.07, 6.45) is 6.08. The van der Waals surface area contributed by atoms with Gasteiger partial charge in [-0.3, -0.25) is 4.79 Å². The number of rotatable bonds is 6. The highest BCUT2D eigenvalue weighted by atomic mass is 16.5. The third-order valence-electron chi connectivity index (χ3n) is 4.69. The van der Waals surface area contributed by atoms with Crippen molar-refractivity contribution in [3.63, 3.8) is 0 Å². The van der Waals surface area contributed by atoms with Crippen LogP contribution >= 0.6 is 0 Å². The Morgan fingerprint density at radius 1 is 0.871 bits per heavy atom. The number of benzene rings is 3. The number of ether oxygens (including phenoxy) is 2. The second-order valence-corrected chi connectivity index (χ2v) is 7.15. The maximum atomic E-state index is 10.8. The first-order valence-electron chi connectivity index (χ1n) is 10.1. The van der Waals surface area contributed by atoms with E-state index in [1.54, 1.807) is 0 Å². The molecule has 0 unspecified atom stereocenters. The third kappa shape index (κ3) is 6.81. The van der Waals surface area contributed by atoms with E-state index in [-0.39, 0.29) is 5.97 Å². The zero-order valence-corrected chi connectivity index (χ0v) is 17.8. The van der Waals surface area contributed by atoms with Crippen molar-refractivity contribution in [3.8, 4) is 29.9 Å². The molecule has 0 N–H and O–H groups in total. The van der Waals surface area contributed by atoms with Crippen LogP contribution < -0.4 is 4.74 Å². The summed E-state index contributed by atoms with van der Waals surface area (Å²) in [6, 6.07) is 21.7. The number of hydrogen-bond donors (Lipinski definition) is 0. The van der Waals surface area contributed by atoms with Gasteiger partial charge in [0.05, 0.1) is 6.61 Å². The summed E-state index contributed by atoms with van der Waals surface area (Å²) in [5.41, 5.74) is 5.94. The smallest absolute Gasteiger partial charge is 0.302 e. The van der Waals surface area contributed by atoms with Crippen molar-refractivity contribution in [1.29, 1.82) is 0 Å². The Hall–Kier alpha value is -3.95. The van der Waals surface area contributed by atoms with Crippen molar-refractivity contribution in [2.45, 2.75) is 26.9 Å². The van der Waals surface area contributed by atoms with Gasteiger partial charge in [-0.05, 0) is 66.1 Å². The second kappa shape index (κ2) is 10.7. The molecule has 3 aromatic rings. The van der Waals surface area contributed by atoms with E-state index in [0.29, 0.717) is 19.6 Å². The van der Waals surface area contributed by atoms with Crippen molar-refractivity contribution < 1.29 is 14.3 Å². The number of esters is 1. The lowest BCUT2D eigenvalue weighted by atomic mass is 10.1. The predicted octanol–water partition coefficient (Wildman–Crippen LogP) is 5.06. The maximum absolute atomic E-state index is 10.8. The molecule has 0 bridgehead atoms. The van der Waals surface area contributed by atoms with Crippen LogP contribution in [0.3, 0.4) is 0 Å². The number of carbonyl (C=O) groups is 1. The molecule has 3 aromatic carbocycles. The highest BCUT2D eigenvalue weighted by molar-refractivity contribution is 5.65. The molecule has 0 saturated carbocycles. The Morgan fingerprint density at radius 2 is 1.48 bits per heavy atom. The standard InChI is InChI=1S/C28H24O3/c1-4-23-5-13-27(14-6-23)20-31-28-16-15-26(19-21(28)2)12-11-24-7-9-25(10-8-24)17-18-30-22(3)29/h1,5-10,13-16,19H,17-18,20H2,2-3H3. The van der Waals surface area contributed by atoms with E-state index < -0.39 is 0 Å². The van der Waals surface area contributed by atoms with Gasteiger partial charge in [-0.25, -0.2) is 0 Å². The Morgan fingerprint density at radius 3 is 2.13 bits per heavy atom. The minimum atomic E-state index is -0.257. The van der Waals surface area contributed by atoms with Gasteiger partial charge in [0.25, 0.3) is 0 Å². The van der Waals surface area contributed by atoms with Gasteiger partial charge in [0.2, 0.25) is 0 Å². The fourth-order valence-corrected chi connectivity index (χ4v) is 2.96. The van der Waals surface area contributed by atoms with Crippen molar-refractivity contribution >= 4 is 5.97 Å². The molecule has 0 saturated heterocycles. The van der Waals surface area contributed by atoms with Crippen molar-refractivity contribution in [3.05, 3.63) is 100 Å².